The summed E-state index contributed by atoms with van der Waals surface area (Å²) in [7, 11) is 0. The van der Waals surface area contributed by atoms with Gasteiger partial charge in [-0.1, -0.05) is 35.4 Å². The van der Waals surface area contributed by atoms with Crippen LogP contribution < -0.4 is 0 Å². The van der Waals surface area contributed by atoms with Crippen molar-refractivity contribution in [3.05, 3.63) is 52.6 Å². The van der Waals surface area contributed by atoms with Crippen LogP contribution in [0, 0.1) is 12.8 Å². The summed E-state index contributed by atoms with van der Waals surface area (Å²) >= 11 is 0. The second-order valence-corrected chi connectivity index (χ2v) is 5.83. The normalized spacial score (nSPS) is 26.9. The number of aliphatic hydroxyl groups is 1. The third-order valence-corrected chi connectivity index (χ3v) is 4.10. The first-order chi connectivity index (χ1) is 8.80. The highest BCUT2D eigenvalue weighted by atomic mass is 16.3. The van der Waals surface area contributed by atoms with E-state index in [2.05, 4.69) is 6.08 Å². The molecule has 2 heteroatoms. The van der Waals surface area contributed by atoms with Crippen LogP contribution in [-0.4, -0.2) is 15.8 Å². The number of rotatable bonds is 2. The van der Waals surface area contributed by atoms with E-state index in [0.717, 1.165) is 16.7 Å². The molecule has 2 unspecified atom stereocenters. The molecule has 0 aliphatic heterocycles. The summed E-state index contributed by atoms with van der Waals surface area (Å²) in [4.78, 5) is 0. The Balaban J connectivity index is 2.33. The molecule has 102 valence electrons. The van der Waals surface area contributed by atoms with Crippen LogP contribution in [-0.2, 0) is 6.42 Å². The molecule has 0 aromatic heterocycles. The first-order valence-electron chi connectivity index (χ1n) is 6.69. The molecule has 0 amide bonds. The van der Waals surface area contributed by atoms with Gasteiger partial charge in [-0.25, -0.2) is 0 Å². The van der Waals surface area contributed by atoms with Crippen LogP contribution in [0.3, 0.4) is 0 Å². The molecule has 0 fully saturated rings. The Morgan fingerprint density at radius 2 is 1.89 bits per heavy atom. The first-order valence-corrected chi connectivity index (χ1v) is 6.69. The molecule has 0 bridgehead atoms. The summed E-state index contributed by atoms with van der Waals surface area (Å²) in [6, 6.07) is 5.60. The van der Waals surface area contributed by atoms with E-state index in [1.165, 1.54) is 5.57 Å². The van der Waals surface area contributed by atoms with E-state index in [4.69, 9.17) is 0 Å². The molecule has 19 heavy (non-hydrogen) atoms. The number of aromatic hydroxyl groups is 1. The van der Waals surface area contributed by atoms with Gasteiger partial charge < -0.3 is 10.2 Å². The van der Waals surface area contributed by atoms with E-state index in [1.54, 1.807) is 6.07 Å². The quantitative estimate of drug-likeness (QED) is 0.852. The standard InChI is InChI=1S/C17H22O2/c1-11-5-6-16(18)14(8-11)10-15-9-12(2)7-13(3)17(15,4)19/h5-9,15,18-19H,10H2,1-4H3. The molecule has 2 atom stereocenters. The molecule has 0 heterocycles. The van der Waals surface area contributed by atoms with E-state index in [9.17, 15) is 10.2 Å². The van der Waals surface area contributed by atoms with E-state index in [1.807, 2.05) is 45.9 Å². The zero-order valence-electron chi connectivity index (χ0n) is 12.1. The largest absolute Gasteiger partial charge is 0.508 e. The van der Waals surface area contributed by atoms with Gasteiger partial charge in [-0.3, -0.25) is 0 Å². The van der Waals surface area contributed by atoms with Crippen LogP contribution in [0.4, 0.5) is 0 Å². The van der Waals surface area contributed by atoms with Gasteiger partial charge in [0.25, 0.3) is 0 Å². The summed E-state index contributed by atoms with van der Waals surface area (Å²) in [5, 5.41) is 20.6. The van der Waals surface area contributed by atoms with E-state index in [0.29, 0.717) is 12.2 Å². The summed E-state index contributed by atoms with van der Waals surface area (Å²) in [5.41, 5.74) is 3.31. The van der Waals surface area contributed by atoms with Crippen LogP contribution in [0.15, 0.2) is 41.5 Å². The second-order valence-electron chi connectivity index (χ2n) is 5.83. The fourth-order valence-electron chi connectivity index (χ4n) is 2.68. The summed E-state index contributed by atoms with van der Waals surface area (Å²) in [6.45, 7) is 7.86. The maximum absolute atomic E-state index is 10.6. The number of aryl methyl sites for hydroxylation is 1. The molecule has 1 aliphatic rings. The lowest BCUT2D eigenvalue weighted by Gasteiger charge is -2.35. The SMILES string of the molecule is CC1=CC(Cc2cc(C)ccc2O)C(C)(O)C(C)=C1. The number of hydrogen-bond acceptors (Lipinski definition) is 2. The van der Waals surface area contributed by atoms with Gasteiger partial charge in [0.15, 0.2) is 0 Å². The summed E-state index contributed by atoms with van der Waals surface area (Å²) in [5.74, 6) is 0.296. The molecule has 0 spiro atoms. The molecule has 0 radical (unpaired) electrons. The average Bonchev–Trinajstić information content (AvgIpc) is 2.31. The van der Waals surface area contributed by atoms with Crippen molar-refractivity contribution in [3.63, 3.8) is 0 Å². The van der Waals surface area contributed by atoms with Crippen LogP contribution in [0.1, 0.15) is 31.9 Å². The fourth-order valence-corrected chi connectivity index (χ4v) is 2.68. The molecule has 0 saturated heterocycles. The van der Waals surface area contributed by atoms with Crippen molar-refractivity contribution in [3.8, 4) is 5.75 Å². The Labute approximate surface area is 115 Å². The van der Waals surface area contributed by atoms with Crippen molar-refractivity contribution in [2.75, 3.05) is 0 Å². The minimum absolute atomic E-state index is 0.00907. The lowest BCUT2D eigenvalue weighted by molar-refractivity contribution is 0.0524. The molecule has 2 nitrogen and oxygen atoms in total. The zero-order valence-corrected chi connectivity index (χ0v) is 12.1. The highest BCUT2D eigenvalue weighted by molar-refractivity contribution is 5.40. The lowest BCUT2D eigenvalue weighted by Crippen LogP contribution is -2.38. The highest BCUT2D eigenvalue weighted by Crippen LogP contribution is 2.36. The van der Waals surface area contributed by atoms with Crippen LogP contribution in [0.5, 0.6) is 5.75 Å². The highest BCUT2D eigenvalue weighted by Gasteiger charge is 2.34. The Kier molecular flexibility index (Phi) is 3.55. The van der Waals surface area contributed by atoms with Gasteiger partial charge in [0.05, 0.1) is 5.60 Å². The van der Waals surface area contributed by atoms with E-state index in [-0.39, 0.29) is 5.92 Å². The Bertz CT molecular complexity index is 550. The maximum atomic E-state index is 10.6. The van der Waals surface area contributed by atoms with Gasteiger partial charge in [0.1, 0.15) is 5.75 Å². The minimum atomic E-state index is -0.851. The van der Waals surface area contributed by atoms with Gasteiger partial charge >= 0.3 is 0 Å². The maximum Gasteiger partial charge on any atom is 0.118 e. The van der Waals surface area contributed by atoms with Crippen molar-refractivity contribution < 1.29 is 10.2 Å². The van der Waals surface area contributed by atoms with Gasteiger partial charge in [0.2, 0.25) is 0 Å². The van der Waals surface area contributed by atoms with Crippen LogP contribution in [0.25, 0.3) is 0 Å². The smallest absolute Gasteiger partial charge is 0.118 e. The molecule has 1 aromatic carbocycles. The van der Waals surface area contributed by atoms with E-state index >= 15 is 0 Å². The predicted molar refractivity (Wildman–Crippen MR) is 78.2 cm³/mol. The Morgan fingerprint density at radius 3 is 2.58 bits per heavy atom. The average molecular weight is 258 g/mol. The topological polar surface area (TPSA) is 40.5 Å². The second kappa shape index (κ2) is 4.86. The molecule has 2 N–H and O–H groups in total. The van der Waals surface area contributed by atoms with Crippen molar-refractivity contribution in [1.82, 2.24) is 0 Å². The Morgan fingerprint density at radius 1 is 1.21 bits per heavy atom. The van der Waals surface area contributed by atoms with Crippen LogP contribution >= 0.6 is 0 Å². The van der Waals surface area contributed by atoms with E-state index < -0.39 is 5.60 Å². The number of hydrogen-bond donors (Lipinski definition) is 2. The summed E-state index contributed by atoms with van der Waals surface area (Å²) in [6.07, 6.45) is 4.75. The minimum Gasteiger partial charge on any atom is -0.508 e. The van der Waals surface area contributed by atoms with Crippen molar-refractivity contribution in [2.45, 2.75) is 39.7 Å². The van der Waals surface area contributed by atoms with Crippen molar-refractivity contribution >= 4 is 0 Å². The Hall–Kier alpha value is -1.54. The fraction of sp³-hybridized carbons (Fsp3) is 0.412. The van der Waals surface area contributed by atoms with Crippen molar-refractivity contribution in [2.24, 2.45) is 5.92 Å². The van der Waals surface area contributed by atoms with Crippen LogP contribution in [0.2, 0.25) is 0 Å². The zero-order chi connectivity index (χ0) is 14.2. The number of benzene rings is 1. The third kappa shape index (κ3) is 2.74. The number of phenolic OH excluding ortho intramolecular Hbond substituents is 1. The van der Waals surface area contributed by atoms with Gasteiger partial charge in [0, 0.05) is 5.92 Å². The molecule has 0 saturated carbocycles. The molecular formula is C17H22O2. The monoisotopic (exact) mass is 258 g/mol. The first kappa shape index (κ1) is 13.9. The van der Waals surface area contributed by atoms with Gasteiger partial charge in [-0.05, 0) is 51.3 Å². The molecule has 1 aliphatic carbocycles. The lowest BCUT2D eigenvalue weighted by atomic mass is 9.75. The van der Waals surface area contributed by atoms with Gasteiger partial charge in [-0.2, -0.15) is 0 Å². The number of phenols is 1. The molecule has 1 aromatic rings. The third-order valence-electron chi connectivity index (χ3n) is 4.10. The predicted octanol–water partition coefficient (Wildman–Crippen LogP) is 3.52. The van der Waals surface area contributed by atoms with Crippen molar-refractivity contribution in [1.29, 1.82) is 0 Å². The number of allylic oxidation sites excluding steroid dienone is 2. The summed E-state index contributed by atoms with van der Waals surface area (Å²) < 4.78 is 0. The molecular weight excluding hydrogens is 236 g/mol. The molecule has 2 rings (SSSR count). The van der Waals surface area contributed by atoms with Gasteiger partial charge in [-0.15, -0.1) is 0 Å².